The molecule has 1 aliphatic heterocycles. The van der Waals surface area contributed by atoms with Crippen LogP contribution < -0.4 is 10.6 Å². The molecule has 0 bridgehead atoms. The monoisotopic (exact) mass is 468 g/mol. The minimum absolute atomic E-state index is 0.00855. The molecule has 1 amide bonds. The Kier molecular flexibility index (Phi) is 6.46. The van der Waals surface area contributed by atoms with E-state index < -0.39 is 33.0 Å². The number of hydrogen-bond donors (Lipinski definition) is 3. The molecule has 0 unspecified atom stereocenters. The predicted molar refractivity (Wildman–Crippen MR) is 115 cm³/mol. The summed E-state index contributed by atoms with van der Waals surface area (Å²) in [6.45, 7) is 1.49. The van der Waals surface area contributed by atoms with Crippen LogP contribution in [0.2, 0.25) is 0 Å². The summed E-state index contributed by atoms with van der Waals surface area (Å²) in [5.74, 6) is -1.53. The van der Waals surface area contributed by atoms with Crippen molar-refractivity contribution in [2.24, 2.45) is 0 Å². The Morgan fingerprint density at radius 3 is 2.74 bits per heavy atom. The van der Waals surface area contributed by atoms with Gasteiger partial charge < -0.3 is 10.6 Å². The minimum atomic E-state index is -3.81. The lowest BCUT2D eigenvalue weighted by atomic mass is 9.93. The van der Waals surface area contributed by atoms with Gasteiger partial charge in [0.25, 0.3) is 5.91 Å². The Morgan fingerprint density at radius 1 is 1.39 bits per heavy atom. The fraction of sp³-hybridized carbons (Fsp3) is 0.368. The van der Waals surface area contributed by atoms with Crippen molar-refractivity contribution in [2.45, 2.75) is 25.3 Å². The van der Waals surface area contributed by atoms with Crippen LogP contribution in [0.25, 0.3) is 0 Å². The van der Waals surface area contributed by atoms with Crippen LogP contribution in [0.3, 0.4) is 0 Å². The van der Waals surface area contributed by atoms with Crippen molar-refractivity contribution in [1.82, 2.24) is 19.6 Å². The normalized spacial score (nSPS) is 20.3. The van der Waals surface area contributed by atoms with Gasteiger partial charge in [-0.15, -0.1) is 11.6 Å². The fourth-order valence-corrected chi connectivity index (χ4v) is 4.80. The Balaban J connectivity index is 1.83. The molecule has 3 N–H and O–H groups in total. The van der Waals surface area contributed by atoms with Crippen molar-refractivity contribution in [3.63, 3.8) is 0 Å². The molecule has 2 heterocycles. The van der Waals surface area contributed by atoms with E-state index in [4.69, 9.17) is 17.0 Å². The lowest BCUT2D eigenvalue weighted by molar-refractivity contribution is 0.102. The third-order valence-electron chi connectivity index (χ3n) is 4.92. The molecule has 9 nitrogen and oxygen atoms in total. The number of benzene rings is 1. The number of nitrogens with one attached hydrogen (secondary N) is 3. The number of carbonyl (C=O) groups excluding carboxylic acids is 1. The summed E-state index contributed by atoms with van der Waals surface area (Å²) in [6.07, 6.45) is 4.24. The predicted octanol–water partition coefficient (Wildman–Crippen LogP) is 2.05. The third kappa shape index (κ3) is 4.93. The van der Waals surface area contributed by atoms with E-state index in [-0.39, 0.29) is 22.9 Å². The van der Waals surface area contributed by atoms with Gasteiger partial charge in [0.2, 0.25) is 16.0 Å². The summed E-state index contributed by atoms with van der Waals surface area (Å²) in [4.78, 5) is 20.8. The topological polar surface area (TPSA) is 128 Å². The molecule has 1 aromatic carbocycles. The summed E-state index contributed by atoms with van der Waals surface area (Å²) in [7, 11) is -2.56. The summed E-state index contributed by atoms with van der Waals surface area (Å²) < 4.78 is 40.1. The molecule has 0 spiro atoms. The molecule has 12 heteroatoms. The van der Waals surface area contributed by atoms with Gasteiger partial charge in [0.05, 0.1) is 23.2 Å². The quantitative estimate of drug-likeness (QED) is 0.556. The number of hydrogen-bond acceptors (Lipinski definition) is 6. The highest BCUT2D eigenvalue weighted by Gasteiger charge is 2.43. The summed E-state index contributed by atoms with van der Waals surface area (Å²) in [5, 5.41) is 13.2. The van der Waals surface area contributed by atoms with E-state index in [1.54, 1.807) is 0 Å². The number of guanidine groups is 1. The van der Waals surface area contributed by atoms with E-state index in [1.165, 1.54) is 38.5 Å². The van der Waals surface area contributed by atoms with Gasteiger partial charge in [0.15, 0.2) is 0 Å². The van der Waals surface area contributed by atoms with Crippen molar-refractivity contribution in [1.29, 1.82) is 5.41 Å². The number of sulfonamides is 1. The Labute approximate surface area is 184 Å². The van der Waals surface area contributed by atoms with Gasteiger partial charge in [-0.05, 0) is 38.0 Å². The average Bonchev–Trinajstić information content (AvgIpc) is 2.71. The molecule has 31 heavy (non-hydrogen) atoms. The van der Waals surface area contributed by atoms with E-state index in [0.29, 0.717) is 18.0 Å². The second-order valence-corrected chi connectivity index (χ2v) is 9.74. The highest BCUT2D eigenvalue weighted by Crippen LogP contribution is 2.31. The number of rotatable bonds is 6. The molecule has 1 fully saturated rings. The van der Waals surface area contributed by atoms with Gasteiger partial charge in [0.1, 0.15) is 11.5 Å². The zero-order valence-electron chi connectivity index (χ0n) is 16.9. The highest BCUT2D eigenvalue weighted by atomic mass is 35.5. The maximum absolute atomic E-state index is 14.6. The number of carbonyl (C=O) groups is 1. The highest BCUT2D eigenvalue weighted by molar-refractivity contribution is 7.89. The average molecular weight is 469 g/mol. The van der Waals surface area contributed by atoms with Crippen LogP contribution in [0.4, 0.5) is 10.1 Å². The van der Waals surface area contributed by atoms with Crippen LogP contribution in [0.5, 0.6) is 0 Å². The van der Waals surface area contributed by atoms with Gasteiger partial charge in [-0.3, -0.25) is 15.2 Å². The largest absolute Gasteiger partial charge is 0.345 e. The molecule has 166 valence electrons. The minimum Gasteiger partial charge on any atom is -0.345 e. The van der Waals surface area contributed by atoms with Crippen LogP contribution >= 0.6 is 11.6 Å². The lowest BCUT2D eigenvalue weighted by Crippen LogP contribution is -2.61. The SMILES string of the molecule is CN1C(=N)N[C@](C)(c2cc(NC(=O)c3cnc(CCCCl)cn3)ccc2F)CS1(=O)=O. The molecule has 3 rings (SSSR count). The van der Waals surface area contributed by atoms with E-state index in [1.807, 2.05) is 0 Å². The first-order valence-electron chi connectivity index (χ1n) is 9.37. The smallest absolute Gasteiger partial charge is 0.275 e. The standard InChI is InChI=1S/C19H22ClFN6O3S/c1-19(11-31(29,30)27(2)18(22)26-19)14-8-12(5-6-15(14)21)25-17(28)16-10-23-13(9-24-16)4-3-7-20/h5-6,8-10H,3-4,7,11H2,1-2H3,(H2,22,26)(H,25,28)/t19-/m0/s1. The number of anilines is 1. The summed E-state index contributed by atoms with van der Waals surface area (Å²) in [5.41, 5.74) is -0.342. The van der Waals surface area contributed by atoms with Gasteiger partial charge in [-0.25, -0.2) is 22.1 Å². The molecule has 1 saturated heterocycles. The van der Waals surface area contributed by atoms with E-state index in [0.717, 1.165) is 16.8 Å². The maximum atomic E-state index is 14.6. The zero-order chi connectivity index (χ0) is 22.8. The van der Waals surface area contributed by atoms with E-state index in [2.05, 4.69) is 20.6 Å². The van der Waals surface area contributed by atoms with Crippen molar-refractivity contribution < 1.29 is 17.6 Å². The molecule has 1 atom stereocenters. The number of nitrogens with zero attached hydrogens (tertiary/aromatic N) is 3. The number of amides is 1. The molecular weight excluding hydrogens is 447 g/mol. The fourth-order valence-electron chi connectivity index (χ4n) is 3.19. The summed E-state index contributed by atoms with van der Waals surface area (Å²) in [6, 6.07) is 3.83. The first kappa shape index (κ1) is 22.9. The Hall–Kier alpha value is -2.79. The van der Waals surface area contributed by atoms with Crippen molar-refractivity contribution >= 4 is 39.2 Å². The van der Waals surface area contributed by atoms with Crippen LogP contribution in [0.15, 0.2) is 30.6 Å². The van der Waals surface area contributed by atoms with Gasteiger partial charge in [-0.2, -0.15) is 0 Å². The molecule has 0 radical (unpaired) electrons. The van der Waals surface area contributed by atoms with Crippen molar-refractivity contribution in [3.05, 3.63) is 53.4 Å². The second-order valence-electron chi connectivity index (χ2n) is 7.36. The van der Waals surface area contributed by atoms with E-state index >= 15 is 0 Å². The number of aromatic nitrogens is 2. The van der Waals surface area contributed by atoms with Gasteiger partial charge >= 0.3 is 0 Å². The Morgan fingerprint density at radius 2 is 2.13 bits per heavy atom. The van der Waals surface area contributed by atoms with Crippen molar-refractivity contribution in [2.75, 3.05) is 24.0 Å². The van der Waals surface area contributed by atoms with Crippen LogP contribution in [0.1, 0.15) is 35.1 Å². The molecular formula is C19H22ClFN6O3S. The maximum Gasteiger partial charge on any atom is 0.275 e. The first-order chi connectivity index (χ1) is 14.6. The Bertz CT molecular complexity index is 1110. The zero-order valence-corrected chi connectivity index (χ0v) is 18.5. The molecule has 1 aliphatic rings. The molecule has 1 aromatic heterocycles. The molecule has 0 saturated carbocycles. The summed E-state index contributed by atoms with van der Waals surface area (Å²) >= 11 is 5.65. The van der Waals surface area contributed by atoms with Gasteiger partial charge in [-0.1, -0.05) is 0 Å². The molecule has 0 aliphatic carbocycles. The van der Waals surface area contributed by atoms with Crippen LogP contribution in [0, 0.1) is 11.2 Å². The first-order valence-corrected chi connectivity index (χ1v) is 11.5. The van der Waals surface area contributed by atoms with Crippen molar-refractivity contribution in [3.8, 4) is 0 Å². The van der Waals surface area contributed by atoms with Gasteiger partial charge in [0, 0.05) is 30.4 Å². The second kappa shape index (κ2) is 8.75. The number of aryl methyl sites for hydroxylation is 1. The van der Waals surface area contributed by atoms with Crippen LogP contribution in [-0.2, 0) is 22.0 Å². The number of halogens is 2. The lowest BCUT2D eigenvalue weighted by Gasteiger charge is -2.40. The van der Waals surface area contributed by atoms with Crippen LogP contribution in [-0.4, -0.2) is 53.2 Å². The van der Waals surface area contributed by atoms with E-state index in [9.17, 15) is 17.6 Å². The third-order valence-corrected chi connectivity index (χ3v) is 7.15. The number of alkyl halides is 1. The molecule has 2 aromatic rings.